The van der Waals surface area contributed by atoms with Crippen LogP contribution in [0.25, 0.3) is 0 Å². The summed E-state index contributed by atoms with van der Waals surface area (Å²) in [6, 6.07) is 26.1. The van der Waals surface area contributed by atoms with E-state index in [-0.39, 0.29) is 12.5 Å². The van der Waals surface area contributed by atoms with Crippen molar-refractivity contribution < 1.29 is 9.53 Å². The molecule has 28 heavy (non-hydrogen) atoms. The highest BCUT2D eigenvalue weighted by Crippen LogP contribution is 2.26. The molecule has 4 heteroatoms. The van der Waals surface area contributed by atoms with Gasteiger partial charge in [-0.05, 0) is 47.4 Å². The number of thioether (sulfide) groups is 1. The second-order valence-corrected chi connectivity index (χ2v) is 7.88. The number of amides is 1. The Labute approximate surface area is 171 Å². The first-order chi connectivity index (χ1) is 13.6. The molecule has 3 aromatic rings. The van der Waals surface area contributed by atoms with Crippen molar-refractivity contribution >= 4 is 23.4 Å². The first kappa shape index (κ1) is 20.0. The number of carbonyl (C=O) groups is 1. The Morgan fingerprint density at radius 3 is 2.32 bits per heavy atom. The Balaban J connectivity index is 1.49. The van der Waals surface area contributed by atoms with E-state index in [1.165, 1.54) is 10.5 Å². The summed E-state index contributed by atoms with van der Waals surface area (Å²) in [7, 11) is 0. The fourth-order valence-corrected chi connectivity index (χ4v) is 3.67. The minimum absolute atomic E-state index is 0.00462. The molecule has 0 heterocycles. The summed E-state index contributed by atoms with van der Waals surface area (Å²) in [5.74, 6) is 1.85. The van der Waals surface area contributed by atoms with Crippen LogP contribution in [-0.2, 0) is 10.5 Å². The molecule has 0 aliphatic heterocycles. The first-order valence-corrected chi connectivity index (χ1v) is 10.4. The van der Waals surface area contributed by atoms with Gasteiger partial charge in [0, 0.05) is 16.3 Å². The highest BCUT2D eigenvalue weighted by atomic mass is 32.2. The van der Waals surface area contributed by atoms with Gasteiger partial charge < -0.3 is 10.1 Å². The van der Waals surface area contributed by atoms with Crippen LogP contribution in [-0.4, -0.2) is 12.5 Å². The molecule has 0 aliphatic carbocycles. The predicted octanol–water partition coefficient (Wildman–Crippen LogP) is 6.12. The molecule has 0 aliphatic rings. The molecule has 0 unspecified atom stereocenters. The zero-order valence-corrected chi connectivity index (χ0v) is 17.0. The van der Waals surface area contributed by atoms with Crippen molar-refractivity contribution in [3.05, 3.63) is 90.0 Å². The van der Waals surface area contributed by atoms with Crippen LogP contribution in [0.2, 0.25) is 0 Å². The molecule has 0 radical (unpaired) electrons. The third kappa shape index (κ3) is 5.89. The van der Waals surface area contributed by atoms with E-state index in [2.05, 4.69) is 31.3 Å². The van der Waals surface area contributed by atoms with Gasteiger partial charge >= 0.3 is 0 Å². The number of carbonyl (C=O) groups excluding carboxylic acids is 1. The maximum atomic E-state index is 12.2. The lowest BCUT2D eigenvalue weighted by Crippen LogP contribution is -2.20. The van der Waals surface area contributed by atoms with E-state index in [1.54, 1.807) is 11.8 Å². The van der Waals surface area contributed by atoms with Crippen molar-refractivity contribution in [3.63, 3.8) is 0 Å². The van der Waals surface area contributed by atoms with E-state index in [9.17, 15) is 4.79 Å². The van der Waals surface area contributed by atoms with Crippen LogP contribution in [0.15, 0.2) is 83.8 Å². The molecule has 3 aromatic carbocycles. The summed E-state index contributed by atoms with van der Waals surface area (Å²) >= 11 is 1.80. The van der Waals surface area contributed by atoms with Gasteiger partial charge in [0.05, 0.1) is 0 Å². The van der Waals surface area contributed by atoms with Crippen LogP contribution in [0.1, 0.15) is 30.9 Å². The maximum absolute atomic E-state index is 12.2. The minimum Gasteiger partial charge on any atom is -0.483 e. The van der Waals surface area contributed by atoms with E-state index in [0.717, 1.165) is 22.8 Å². The Bertz CT molecular complexity index is 892. The Hall–Kier alpha value is -2.72. The van der Waals surface area contributed by atoms with Gasteiger partial charge in [0.25, 0.3) is 5.91 Å². The molecule has 3 nitrogen and oxygen atoms in total. The van der Waals surface area contributed by atoms with E-state index < -0.39 is 0 Å². The Morgan fingerprint density at radius 2 is 1.61 bits per heavy atom. The summed E-state index contributed by atoms with van der Waals surface area (Å²) in [5, 5.41) is 2.89. The second-order valence-electron chi connectivity index (χ2n) is 6.83. The number of benzene rings is 3. The third-order valence-electron chi connectivity index (χ3n) is 4.29. The number of ether oxygens (including phenoxy) is 1. The van der Waals surface area contributed by atoms with Crippen molar-refractivity contribution in [2.45, 2.75) is 30.4 Å². The molecule has 0 aromatic heterocycles. The van der Waals surface area contributed by atoms with Crippen LogP contribution in [0.5, 0.6) is 5.75 Å². The highest BCUT2D eigenvalue weighted by Gasteiger charge is 2.09. The van der Waals surface area contributed by atoms with Crippen molar-refractivity contribution in [1.82, 2.24) is 0 Å². The molecule has 0 saturated carbocycles. The monoisotopic (exact) mass is 391 g/mol. The van der Waals surface area contributed by atoms with Crippen LogP contribution in [0.4, 0.5) is 5.69 Å². The topological polar surface area (TPSA) is 38.3 Å². The molecule has 0 atom stereocenters. The number of rotatable bonds is 8. The summed E-state index contributed by atoms with van der Waals surface area (Å²) < 4.78 is 5.73. The predicted molar refractivity (Wildman–Crippen MR) is 117 cm³/mol. The summed E-state index contributed by atoms with van der Waals surface area (Å²) in [6.45, 7) is 4.22. The SMILES string of the molecule is CC(C)c1ccccc1OCC(=O)Nc1ccc(CSc2ccccc2)cc1. The lowest BCUT2D eigenvalue weighted by molar-refractivity contribution is -0.118. The molecule has 144 valence electrons. The van der Waals surface area contributed by atoms with E-state index in [1.807, 2.05) is 66.7 Å². The van der Waals surface area contributed by atoms with Gasteiger partial charge in [-0.15, -0.1) is 11.8 Å². The van der Waals surface area contributed by atoms with E-state index in [0.29, 0.717) is 5.92 Å². The number of nitrogens with one attached hydrogen (secondary N) is 1. The Kier molecular flexibility index (Phi) is 7.15. The average molecular weight is 392 g/mol. The zero-order chi connectivity index (χ0) is 19.8. The first-order valence-electron chi connectivity index (χ1n) is 9.40. The van der Waals surface area contributed by atoms with Crippen LogP contribution in [0, 0.1) is 0 Å². The Morgan fingerprint density at radius 1 is 0.929 bits per heavy atom. The third-order valence-corrected chi connectivity index (χ3v) is 5.37. The second kappa shape index (κ2) is 10.00. The minimum atomic E-state index is -0.162. The maximum Gasteiger partial charge on any atom is 0.262 e. The van der Waals surface area contributed by atoms with Gasteiger partial charge in [0.15, 0.2) is 6.61 Å². The van der Waals surface area contributed by atoms with E-state index >= 15 is 0 Å². The molecule has 0 fully saturated rings. The fraction of sp³-hybridized carbons (Fsp3) is 0.208. The quantitative estimate of drug-likeness (QED) is 0.470. The smallest absolute Gasteiger partial charge is 0.262 e. The van der Waals surface area contributed by atoms with Crippen molar-refractivity contribution in [3.8, 4) is 5.75 Å². The molecule has 0 bridgehead atoms. The van der Waals surface area contributed by atoms with Crippen molar-refractivity contribution in [1.29, 1.82) is 0 Å². The standard InChI is InChI=1S/C24H25NO2S/c1-18(2)22-10-6-7-11-23(22)27-16-24(26)25-20-14-12-19(13-15-20)17-28-21-8-4-3-5-9-21/h3-15,18H,16-17H2,1-2H3,(H,25,26). The summed E-state index contributed by atoms with van der Waals surface area (Å²) in [6.07, 6.45) is 0. The van der Waals surface area contributed by atoms with Crippen molar-refractivity contribution in [2.75, 3.05) is 11.9 Å². The normalized spacial score (nSPS) is 10.7. The number of para-hydroxylation sites is 1. The van der Waals surface area contributed by atoms with Gasteiger partial charge in [0.2, 0.25) is 0 Å². The number of hydrogen-bond acceptors (Lipinski definition) is 3. The zero-order valence-electron chi connectivity index (χ0n) is 16.2. The summed E-state index contributed by atoms with van der Waals surface area (Å²) in [5.41, 5.74) is 3.10. The lowest BCUT2D eigenvalue weighted by Gasteiger charge is -2.13. The van der Waals surface area contributed by atoms with Crippen LogP contribution >= 0.6 is 11.8 Å². The highest BCUT2D eigenvalue weighted by molar-refractivity contribution is 7.98. The van der Waals surface area contributed by atoms with Crippen LogP contribution in [0.3, 0.4) is 0 Å². The molecule has 1 amide bonds. The van der Waals surface area contributed by atoms with Gasteiger partial charge in [0.1, 0.15) is 5.75 Å². The lowest BCUT2D eigenvalue weighted by atomic mass is 10.0. The molecular formula is C24H25NO2S. The van der Waals surface area contributed by atoms with Gasteiger partial charge in [-0.3, -0.25) is 4.79 Å². The molecular weight excluding hydrogens is 366 g/mol. The van der Waals surface area contributed by atoms with E-state index in [4.69, 9.17) is 4.74 Å². The van der Waals surface area contributed by atoms with Crippen LogP contribution < -0.4 is 10.1 Å². The molecule has 1 N–H and O–H groups in total. The van der Waals surface area contributed by atoms with Gasteiger partial charge in [-0.2, -0.15) is 0 Å². The van der Waals surface area contributed by atoms with Crippen molar-refractivity contribution in [2.24, 2.45) is 0 Å². The van der Waals surface area contributed by atoms with Gasteiger partial charge in [-0.1, -0.05) is 62.4 Å². The number of anilines is 1. The fourth-order valence-electron chi connectivity index (χ4n) is 2.80. The summed E-state index contributed by atoms with van der Waals surface area (Å²) in [4.78, 5) is 13.5. The molecule has 3 rings (SSSR count). The average Bonchev–Trinajstić information content (AvgIpc) is 2.72. The number of hydrogen-bond donors (Lipinski definition) is 1. The largest absolute Gasteiger partial charge is 0.483 e. The molecule has 0 spiro atoms. The van der Waals surface area contributed by atoms with Gasteiger partial charge in [-0.25, -0.2) is 0 Å². The molecule has 0 saturated heterocycles.